The summed E-state index contributed by atoms with van der Waals surface area (Å²) >= 11 is 0. The van der Waals surface area contributed by atoms with E-state index in [2.05, 4.69) is 20.8 Å². The predicted molar refractivity (Wildman–Crippen MR) is 102 cm³/mol. The molecule has 1 aliphatic heterocycles. The van der Waals surface area contributed by atoms with E-state index >= 15 is 0 Å². The van der Waals surface area contributed by atoms with Gasteiger partial charge in [0.2, 0.25) is 0 Å². The molecule has 0 saturated carbocycles. The zero-order valence-electron chi connectivity index (χ0n) is 14.8. The summed E-state index contributed by atoms with van der Waals surface area (Å²) in [6.45, 7) is 3.55. The number of carbonyl (C=O) groups is 1. The molecule has 1 unspecified atom stereocenters. The highest BCUT2D eigenvalue weighted by Gasteiger charge is 2.29. The minimum atomic E-state index is -0.158. The Morgan fingerprint density at radius 1 is 1.31 bits per heavy atom. The molecule has 8 nitrogen and oxygen atoms in total. The minimum absolute atomic E-state index is 0.156. The lowest BCUT2D eigenvalue weighted by Crippen LogP contribution is -2.40. The number of esters is 1. The summed E-state index contributed by atoms with van der Waals surface area (Å²) in [5.41, 5.74) is 13.7. The molecule has 0 amide bonds. The number of ether oxygens (including phenoxy) is 1. The van der Waals surface area contributed by atoms with Crippen LogP contribution in [0.4, 0.5) is 23.0 Å². The van der Waals surface area contributed by atoms with Crippen LogP contribution in [0.15, 0.2) is 36.7 Å². The van der Waals surface area contributed by atoms with Crippen molar-refractivity contribution < 1.29 is 9.53 Å². The van der Waals surface area contributed by atoms with Gasteiger partial charge < -0.3 is 15.4 Å². The number of nitrogen functional groups attached to an aromatic ring is 1. The Morgan fingerprint density at radius 2 is 2.12 bits per heavy atom. The molecule has 1 fully saturated rings. The number of hydrogen-bond donors (Lipinski definition) is 3. The first-order valence-electron chi connectivity index (χ1n) is 8.78. The van der Waals surface area contributed by atoms with Crippen molar-refractivity contribution in [2.45, 2.75) is 19.8 Å². The molecule has 2 heterocycles. The Bertz CT molecular complexity index is 740. The van der Waals surface area contributed by atoms with Crippen LogP contribution in [-0.4, -0.2) is 35.6 Å². The molecule has 3 rings (SSSR count). The zero-order valence-corrected chi connectivity index (χ0v) is 14.8. The van der Waals surface area contributed by atoms with Crippen molar-refractivity contribution in [2.75, 3.05) is 41.2 Å². The third-order valence-corrected chi connectivity index (χ3v) is 4.30. The summed E-state index contributed by atoms with van der Waals surface area (Å²) in [4.78, 5) is 22.6. The third kappa shape index (κ3) is 4.14. The van der Waals surface area contributed by atoms with Gasteiger partial charge in [-0.2, -0.15) is 0 Å². The van der Waals surface area contributed by atoms with Crippen LogP contribution in [-0.2, 0) is 9.53 Å². The number of carbonyl (C=O) groups excluding carboxylic acids is 1. The summed E-state index contributed by atoms with van der Waals surface area (Å²) in [7, 11) is 0. The van der Waals surface area contributed by atoms with Crippen molar-refractivity contribution in [1.82, 2.24) is 9.97 Å². The summed E-state index contributed by atoms with van der Waals surface area (Å²) in [6.07, 6.45) is 3.17. The fourth-order valence-electron chi connectivity index (χ4n) is 3.01. The van der Waals surface area contributed by atoms with E-state index in [4.69, 9.17) is 10.5 Å². The Morgan fingerprint density at radius 3 is 2.88 bits per heavy atom. The molecule has 1 saturated heterocycles. The highest BCUT2D eigenvalue weighted by molar-refractivity contribution is 5.78. The molecule has 26 heavy (non-hydrogen) atoms. The topological polar surface area (TPSA) is 105 Å². The smallest absolute Gasteiger partial charge is 0.310 e. The normalized spacial score (nSPS) is 16.8. The highest BCUT2D eigenvalue weighted by Crippen LogP contribution is 2.30. The Hall–Kier alpha value is -3.03. The van der Waals surface area contributed by atoms with Crippen molar-refractivity contribution in [1.29, 1.82) is 0 Å². The molecule has 1 atom stereocenters. The maximum absolute atomic E-state index is 12.1. The van der Waals surface area contributed by atoms with Crippen molar-refractivity contribution in [2.24, 2.45) is 5.92 Å². The molecular formula is C18H24N6O2. The number of anilines is 4. The highest BCUT2D eigenvalue weighted by atomic mass is 16.5. The van der Waals surface area contributed by atoms with Gasteiger partial charge in [-0.3, -0.25) is 15.6 Å². The molecule has 0 spiro atoms. The molecule has 2 aromatic rings. The first kappa shape index (κ1) is 17.8. The summed E-state index contributed by atoms with van der Waals surface area (Å²) in [5.74, 6) is 0.814. The van der Waals surface area contributed by atoms with Crippen LogP contribution in [0.3, 0.4) is 0 Å². The van der Waals surface area contributed by atoms with Gasteiger partial charge in [-0.1, -0.05) is 18.2 Å². The molecule has 0 bridgehead atoms. The van der Waals surface area contributed by atoms with Crippen molar-refractivity contribution in [3.8, 4) is 0 Å². The number of rotatable bonds is 6. The van der Waals surface area contributed by atoms with Crippen LogP contribution >= 0.6 is 0 Å². The van der Waals surface area contributed by atoms with Crippen LogP contribution in [0.2, 0.25) is 0 Å². The number of hydrogen-bond acceptors (Lipinski definition) is 8. The number of nitrogens with one attached hydrogen (secondary N) is 2. The van der Waals surface area contributed by atoms with Gasteiger partial charge in [0.1, 0.15) is 12.0 Å². The number of aromatic nitrogens is 2. The fourth-order valence-corrected chi connectivity index (χ4v) is 3.01. The summed E-state index contributed by atoms with van der Waals surface area (Å²) < 4.78 is 5.16. The predicted octanol–water partition coefficient (Wildman–Crippen LogP) is 2.28. The van der Waals surface area contributed by atoms with E-state index in [9.17, 15) is 4.79 Å². The second-order valence-electron chi connectivity index (χ2n) is 6.11. The monoisotopic (exact) mass is 356 g/mol. The van der Waals surface area contributed by atoms with Crippen LogP contribution < -0.4 is 21.5 Å². The Kier molecular flexibility index (Phi) is 5.73. The lowest BCUT2D eigenvalue weighted by atomic mass is 9.98. The maximum Gasteiger partial charge on any atom is 0.310 e. The number of hydrazine groups is 1. The average molecular weight is 356 g/mol. The van der Waals surface area contributed by atoms with Gasteiger partial charge in [-0.25, -0.2) is 9.97 Å². The van der Waals surface area contributed by atoms with Crippen molar-refractivity contribution in [3.63, 3.8) is 0 Å². The molecule has 4 N–H and O–H groups in total. The molecular weight excluding hydrogens is 332 g/mol. The first-order valence-corrected chi connectivity index (χ1v) is 8.78. The number of benzene rings is 1. The van der Waals surface area contributed by atoms with Crippen LogP contribution in [0.5, 0.6) is 0 Å². The number of nitrogens with zero attached hydrogens (tertiary/aromatic N) is 3. The van der Waals surface area contributed by atoms with Crippen molar-refractivity contribution >= 4 is 29.0 Å². The Labute approximate surface area is 152 Å². The van der Waals surface area contributed by atoms with E-state index in [1.54, 1.807) is 0 Å². The van der Waals surface area contributed by atoms with Gasteiger partial charge >= 0.3 is 5.97 Å². The second-order valence-corrected chi connectivity index (χ2v) is 6.11. The van der Waals surface area contributed by atoms with E-state index in [0.717, 1.165) is 25.1 Å². The molecule has 138 valence electrons. The van der Waals surface area contributed by atoms with Crippen LogP contribution in [0.25, 0.3) is 0 Å². The minimum Gasteiger partial charge on any atom is -0.466 e. The van der Waals surface area contributed by atoms with Gasteiger partial charge in [-0.05, 0) is 31.9 Å². The molecule has 8 heteroatoms. The van der Waals surface area contributed by atoms with Gasteiger partial charge in [0, 0.05) is 13.1 Å². The van der Waals surface area contributed by atoms with Crippen molar-refractivity contribution in [3.05, 3.63) is 36.7 Å². The van der Waals surface area contributed by atoms with Gasteiger partial charge in [0.25, 0.3) is 0 Å². The largest absolute Gasteiger partial charge is 0.466 e. The fraction of sp³-hybridized carbons (Fsp3) is 0.389. The lowest BCUT2D eigenvalue weighted by Gasteiger charge is -2.33. The van der Waals surface area contributed by atoms with E-state index in [1.165, 1.54) is 6.33 Å². The van der Waals surface area contributed by atoms with Crippen LogP contribution in [0.1, 0.15) is 19.8 Å². The summed E-state index contributed by atoms with van der Waals surface area (Å²) in [5, 5.41) is 0. The quantitative estimate of drug-likeness (QED) is 0.535. The first-order chi connectivity index (χ1) is 12.7. The lowest BCUT2D eigenvalue weighted by molar-refractivity contribution is -0.148. The van der Waals surface area contributed by atoms with E-state index in [-0.39, 0.29) is 11.9 Å². The SMILES string of the molecule is CCOC(=O)C1CCCN(c2ncnc(NNc3ccccc3)c2N)C1. The molecule has 1 aliphatic rings. The molecule has 0 aliphatic carbocycles. The number of piperidine rings is 1. The number of nitrogens with two attached hydrogens (primary N) is 1. The van der Waals surface area contributed by atoms with E-state index in [1.807, 2.05) is 42.2 Å². The third-order valence-electron chi connectivity index (χ3n) is 4.30. The second kappa shape index (κ2) is 8.37. The zero-order chi connectivity index (χ0) is 18.4. The van der Waals surface area contributed by atoms with E-state index in [0.29, 0.717) is 30.5 Å². The van der Waals surface area contributed by atoms with Gasteiger partial charge in [-0.15, -0.1) is 0 Å². The van der Waals surface area contributed by atoms with Gasteiger partial charge in [0.15, 0.2) is 11.6 Å². The number of para-hydroxylation sites is 1. The maximum atomic E-state index is 12.1. The summed E-state index contributed by atoms with van der Waals surface area (Å²) in [6, 6.07) is 9.67. The average Bonchev–Trinajstić information content (AvgIpc) is 2.68. The molecule has 1 aromatic heterocycles. The van der Waals surface area contributed by atoms with Crippen LogP contribution in [0, 0.1) is 5.92 Å². The molecule has 1 aromatic carbocycles. The molecule has 0 radical (unpaired) electrons. The van der Waals surface area contributed by atoms with E-state index < -0.39 is 0 Å². The Balaban J connectivity index is 1.71. The standard InChI is InChI=1S/C18H24N6O2/c1-2-26-18(25)13-7-6-10-24(11-13)17-15(19)16(20-12-21-17)23-22-14-8-4-3-5-9-14/h3-5,8-9,12-13,22H,2,6-7,10-11,19H2,1H3,(H,20,21,23). The van der Waals surface area contributed by atoms with Gasteiger partial charge in [0.05, 0.1) is 18.2 Å².